The predicted octanol–water partition coefficient (Wildman–Crippen LogP) is 1.14. The first kappa shape index (κ1) is 14.5. The van der Waals surface area contributed by atoms with Crippen LogP contribution in [0.2, 0.25) is 0 Å². The maximum atomic E-state index is 12.1. The van der Waals surface area contributed by atoms with E-state index in [0.29, 0.717) is 6.04 Å². The van der Waals surface area contributed by atoms with E-state index in [9.17, 15) is 4.79 Å². The van der Waals surface area contributed by atoms with E-state index in [2.05, 4.69) is 12.2 Å². The molecule has 17 heavy (non-hydrogen) atoms. The zero-order valence-electron chi connectivity index (χ0n) is 11.1. The molecule has 100 valence electrons. The van der Waals surface area contributed by atoms with Crippen LogP contribution in [0.4, 0.5) is 0 Å². The van der Waals surface area contributed by atoms with Crippen molar-refractivity contribution in [3.8, 4) is 0 Å². The molecule has 1 amide bonds. The lowest BCUT2D eigenvalue weighted by molar-refractivity contribution is -0.133. The second-order valence-corrected chi connectivity index (χ2v) is 5.10. The Morgan fingerprint density at radius 1 is 1.35 bits per heavy atom. The van der Waals surface area contributed by atoms with E-state index in [1.54, 1.807) is 0 Å². The minimum atomic E-state index is 0.0154. The second kappa shape index (κ2) is 7.67. The molecular weight excluding hydrogens is 216 g/mol. The average molecular weight is 242 g/mol. The first-order valence-corrected chi connectivity index (χ1v) is 6.77. The van der Waals surface area contributed by atoms with Crippen LogP contribution >= 0.6 is 0 Å². The predicted molar refractivity (Wildman–Crippen MR) is 68.8 cm³/mol. The summed E-state index contributed by atoms with van der Waals surface area (Å²) < 4.78 is 0. The van der Waals surface area contributed by atoms with Gasteiger partial charge in [-0.2, -0.15) is 0 Å². The molecule has 0 saturated carbocycles. The molecule has 2 N–H and O–H groups in total. The van der Waals surface area contributed by atoms with Gasteiger partial charge in [-0.25, -0.2) is 0 Å². The number of rotatable bonds is 6. The lowest BCUT2D eigenvalue weighted by Crippen LogP contribution is -2.50. The Labute approximate surface area is 104 Å². The summed E-state index contributed by atoms with van der Waals surface area (Å²) in [5, 5.41) is 12.1. The van der Waals surface area contributed by atoms with Crippen LogP contribution in [0, 0.1) is 0 Å². The topological polar surface area (TPSA) is 52.6 Å². The molecule has 0 radical (unpaired) electrons. The van der Waals surface area contributed by atoms with Gasteiger partial charge in [0.1, 0.15) is 0 Å². The fourth-order valence-electron chi connectivity index (χ4n) is 2.35. The van der Waals surface area contributed by atoms with E-state index >= 15 is 0 Å². The zero-order chi connectivity index (χ0) is 12.7. The zero-order valence-corrected chi connectivity index (χ0v) is 11.1. The molecular formula is C13H26N2O2. The molecule has 0 spiro atoms. The Balaban J connectivity index is 2.25. The van der Waals surface area contributed by atoms with E-state index in [4.69, 9.17) is 5.11 Å². The lowest BCUT2D eigenvalue weighted by atomic mass is 9.99. The van der Waals surface area contributed by atoms with Gasteiger partial charge in [0.25, 0.3) is 0 Å². The Bertz CT molecular complexity index is 233. The molecule has 4 nitrogen and oxygen atoms in total. The van der Waals surface area contributed by atoms with Crippen LogP contribution in [0.1, 0.15) is 45.4 Å². The average Bonchev–Trinajstić information content (AvgIpc) is 2.33. The van der Waals surface area contributed by atoms with Crippen LogP contribution in [0.25, 0.3) is 0 Å². The molecule has 2 unspecified atom stereocenters. The van der Waals surface area contributed by atoms with E-state index < -0.39 is 0 Å². The van der Waals surface area contributed by atoms with Gasteiger partial charge in [0, 0.05) is 26.2 Å². The fourth-order valence-corrected chi connectivity index (χ4v) is 2.35. The van der Waals surface area contributed by atoms with Crippen molar-refractivity contribution in [3.05, 3.63) is 0 Å². The highest BCUT2D eigenvalue weighted by Crippen LogP contribution is 2.14. The fraction of sp³-hybridized carbons (Fsp3) is 0.923. The highest BCUT2D eigenvalue weighted by Gasteiger charge is 2.26. The standard InChI is InChI=1S/C13H26N2O2/c1-11-7-6-8-12(14-11)13(17)15(2)9-4-3-5-10-16/h11-12,14,16H,3-10H2,1-2H3. The minimum Gasteiger partial charge on any atom is -0.396 e. The molecule has 4 heteroatoms. The summed E-state index contributed by atoms with van der Waals surface area (Å²) >= 11 is 0. The number of aliphatic hydroxyl groups is 1. The van der Waals surface area contributed by atoms with Crippen LogP contribution in [0.3, 0.4) is 0 Å². The van der Waals surface area contributed by atoms with E-state index in [0.717, 1.165) is 38.6 Å². The van der Waals surface area contributed by atoms with E-state index in [1.807, 2.05) is 11.9 Å². The van der Waals surface area contributed by atoms with Crippen LogP contribution in [0.5, 0.6) is 0 Å². The van der Waals surface area contributed by atoms with Gasteiger partial charge < -0.3 is 15.3 Å². The number of aliphatic hydroxyl groups excluding tert-OH is 1. The van der Waals surface area contributed by atoms with Crippen molar-refractivity contribution in [2.24, 2.45) is 0 Å². The Morgan fingerprint density at radius 2 is 2.12 bits per heavy atom. The van der Waals surface area contributed by atoms with Gasteiger partial charge in [-0.3, -0.25) is 4.79 Å². The van der Waals surface area contributed by atoms with Crippen molar-refractivity contribution in [3.63, 3.8) is 0 Å². The summed E-state index contributed by atoms with van der Waals surface area (Å²) in [6.07, 6.45) is 6.07. The van der Waals surface area contributed by atoms with Gasteiger partial charge in [-0.05, 0) is 45.4 Å². The number of carbonyl (C=O) groups is 1. The third-order valence-corrected chi connectivity index (χ3v) is 3.44. The van der Waals surface area contributed by atoms with E-state index in [1.165, 1.54) is 6.42 Å². The second-order valence-electron chi connectivity index (χ2n) is 5.10. The maximum Gasteiger partial charge on any atom is 0.239 e. The minimum absolute atomic E-state index is 0.0154. The number of piperidine rings is 1. The number of amides is 1. The number of unbranched alkanes of at least 4 members (excludes halogenated alkanes) is 2. The highest BCUT2D eigenvalue weighted by atomic mass is 16.2. The molecule has 1 saturated heterocycles. The summed E-state index contributed by atoms with van der Waals surface area (Å²) in [6, 6.07) is 0.474. The van der Waals surface area contributed by atoms with Crippen LogP contribution in [-0.2, 0) is 4.79 Å². The van der Waals surface area contributed by atoms with Gasteiger partial charge in [-0.1, -0.05) is 0 Å². The molecule has 2 atom stereocenters. The van der Waals surface area contributed by atoms with Gasteiger partial charge in [0.05, 0.1) is 6.04 Å². The molecule has 1 fully saturated rings. The van der Waals surface area contributed by atoms with Crippen molar-refractivity contribution < 1.29 is 9.90 Å². The number of nitrogens with one attached hydrogen (secondary N) is 1. The van der Waals surface area contributed by atoms with Gasteiger partial charge >= 0.3 is 0 Å². The van der Waals surface area contributed by atoms with E-state index in [-0.39, 0.29) is 18.6 Å². The number of carbonyl (C=O) groups excluding carboxylic acids is 1. The molecule has 1 rings (SSSR count). The summed E-state index contributed by atoms with van der Waals surface area (Å²) in [7, 11) is 1.88. The largest absolute Gasteiger partial charge is 0.396 e. The smallest absolute Gasteiger partial charge is 0.239 e. The molecule has 1 aliphatic heterocycles. The number of hydrogen-bond acceptors (Lipinski definition) is 3. The first-order chi connectivity index (χ1) is 8.15. The first-order valence-electron chi connectivity index (χ1n) is 6.77. The maximum absolute atomic E-state index is 12.1. The van der Waals surface area contributed by atoms with Gasteiger partial charge in [0.2, 0.25) is 5.91 Å². The quantitative estimate of drug-likeness (QED) is 0.687. The van der Waals surface area contributed by atoms with Gasteiger partial charge in [0.15, 0.2) is 0 Å². The van der Waals surface area contributed by atoms with Crippen LogP contribution < -0.4 is 5.32 Å². The molecule has 1 aliphatic rings. The summed E-state index contributed by atoms with van der Waals surface area (Å²) in [5.41, 5.74) is 0. The monoisotopic (exact) mass is 242 g/mol. The van der Waals surface area contributed by atoms with Crippen LogP contribution in [0.15, 0.2) is 0 Å². The summed E-state index contributed by atoms with van der Waals surface area (Å²) in [6.45, 7) is 3.19. The Kier molecular flexibility index (Phi) is 6.52. The van der Waals surface area contributed by atoms with Crippen molar-refractivity contribution in [1.29, 1.82) is 0 Å². The molecule has 1 heterocycles. The number of likely N-dealkylation sites (N-methyl/N-ethyl adjacent to an activating group) is 1. The number of hydrogen-bond donors (Lipinski definition) is 2. The van der Waals surface area contributed by atoms with Gasteiger partial charge in [-0.15, -0.1) is 0 Å². The number of nitrogens with zero attached hydrogens (tertiary/aromatic N) is 1. The lowest BCUT2D eigenvalue weighted by Gasteiger charge is -2.31. The van der Waals surface area contributed by atoms with Crippen molar-refractivity contribution in [2.45, 2.75) is 57.5 Å². The SMILES string of the molecule is CC1CCCC(C(=O)N(C)CCCCCO)N1. The van der Waals surface area contributed by atoms with Crippen molar-refractivity contribution in [1.82, 2.24) is 10.2 Å². The molecule has 0 bridgehead atoms. The highest BCUT2D eigenvalue weighted by molar-refractivity contribution is 5.81. The Hall–Kier alpha value is -0.610. The molecule has 0 aromatic rings. The van der Waals surface area contributed by atoms with Crippen molar-refractivity contribution >= 4 is 5.91 Å². The third-order valence-electron chi connectivity index (χ3n) is 3.44. The summed E-state index contributed by atoms with van der Waals surface area (Å²) in [5.74, 6) is 0.223. The third kappa shape index (κ3) is 5.04. The molecule has 0 aliphatic carbocycles. The molecule has 0 aromatic carbocycles. The Morgan fingerprint density at radius 3 is 2.76 bits per heavy atom. The normalized spacial score (nSPS) is 24.6. The molecule has 0 aromatic heterocycles. The summed E-state index contributed by atoms with van der Waals surface area (Å²) in [4.78, 5) is 13.9. The van der Waals surface area contributed by atoms with Crippen LogP contribution in [-0.4, -0.2) is 48.2 Å². The van der Waals surface area contributed by atoms with Crippen molar-refractivity contribution in [2.75, 3.05) is 20.2 Å².